The van der Waals surface area contributed by atoms with Crippen molar-refractivity contribution in [3.8, 4) is 17.1 Å². The molecule has 0 bridgehead atoms. The molecule has 0 spiro atoms. The van der Waals surface area contributed by atoms with Gasteiger partial charge < -0.3 is 14.0 Å². The molecule has 0 atom stereocenters. The third-order valence-corrected chi connectivity index (χ3v) is 4.13. The van der Waals surface area contributed by atoms with Gasteiger partial charge in [0.25, 0.3) is 5.89 Å². The molecule has 0 saturated carbocycles. The summed E-state index contributed by atoms with van der Waals surface area (Å²) in [5, 5.41) is 4.38. The van der Waals surface area contributed by atoms with Crippen LogP contribution in [0.25, 0.3) is 17.5 Å². The van der Waals surface area contributed by atoms with Gasteiger partial charge >= 0.3 is 5.97 Å². The van der Waals surface area contributed by atoms with E-state index in [2.05, 4.69) is 10.1 Å². The molecule has 0 aliphatic carbocycles. The molecule has 130 valence electrons. The topological polar surface area (TPSA) is 74.5 Å². The maximum atomic E-state index is 12.2. The Morgan fingerprint density at radius 1 is 1.15 bits per heavy atom. The van der Waals surface area contributed by atoms with Gasteiger partial charge in [0, 0.05) is 11.1 Å². The van der Waals surface area contributed by atoms with Crippen molar-refractivity contribution in [1.29, 1.82) is 0 Å². The molecule has 0 N–H and O–H groups in total. The maximum absolute atomic E-state index is 12.2. The molecule has 26 heavy (non-hydrogen) atoms. The van der Waals surface area contributed by atoms with Gasteiger partial charge in [0.15, 0.2) is 6.61 Å². The van der Waals surface area contributed by atoms with E-state index in [1.165, 1.54) is 0 Å². The summed E-state index contributed by atoms with van der Waals surface area (Å²) in [4.78, 5) is 16.4. The highest BCUT2D eigenvalue weighted by Gasteiger charge is 2.19. The van der Waals surface area contributed by atoms with Crippen LogP contribution in [0.3, 0.4) is 0 Å². The summed E-state index contributed by atoms with van der Waals surface area (Å²) in [6.45, 7) is 0.0276. The number of benzene rings is 2. The Bertz CT molecular complexity index is 996. The quantitative estimate of drug-likeness (QED) is 0.650. The van der Waals surface area contributed by atoms with E-state index in [0.717, 1.165) is 11.3 Å². The fourth-order valence-electron chi connectivity index (χ4n) is 2.52. The summed E-state index contributed by atoms with van der Waals surface area (Å²) in [6.07, 6.45) is 1.75. The third kappa shape index (κ3) is 3.32. The van der Waals surface area contributed by atoms with E-state index in [0.29, 0.717) is 22.0 Å². The molecule has 7 heteroatoms. The van der Waals surface area contributed by atoms with Gasteiger partial charge in [-0.25, -0.2) is 4.79 Å². The van der Waals surface area contributed by atoms with Gasteiger partial charge in [-0.3, -0.25) is 0 Å². The predicted octanol–water partition coefficient (Wildman–Crippen LogP) is 3.91. The predicted molar refractivity (Wildman–Crippen MR) is 94.5 cm³/mol. The number of fused-ring (bicyclic) bond motifs is 1. The smallest absolute Gasteiger partial charge is 0.338 e. The standard InChI is InChI=1S/C19H13ClN2O4/c20-15-7-3-2-6-14(15)18-21-17(26-22-18)11-25-19(23)13-9-12-5-1-4-8-16(12)24-10-13/h1-9H,10-11H2. The first-order chi connectivity index (χ1) is 12.7. The molecule has 3 aromatic rings. The van der Waals surface area contributed by atoms with Gasteiger partial charge in [0.1, 0.15) is 12.4 Å². The van der Waals surface area contributed by atoms with Crippen LogP contribution in [0.15, 0.2) is 58.6 Å². The largest absolute Gasteiger partial charge is 0.488 e. The highest BCUT2D eigenvalue weighted by atomic mass is 35.5. The highest BCUT2D eigenvalue weighted by molar-refractivity contribution is 6.33. The first-order valence-corrected chi connectivity index (χ1v) is 8.25. The minimum atomic E-state index is -0.489. The van der Waals surface area contributed by atoms with Crippen molar-refractivity contribution in [3.63, 3.8) is 0 Å². The van der Waals surface area contributed by atoms with Crippen LogP contribution in [0.2, 0.25) is 5.02 Å². The summed E-state index contributed by atoms with van der Waals surface area (Å²) in [6, 6.07) is 14.6. The third-order valence-electron chi connectivity index (χ3n) is 3.80. The normalized spacial score (nSPS) is 12.7. The summed E-state index contributed by atoms with van der Waals surface area (Å²) in [5.41, 5.74) is 1.91. The van der Waals surface area contributed by atoms with Crippen LogP contribution in [0.1, 0.15) is 11.5 Å². The Morgan fingerprint density at radius 3 is 2.85 bits per heavy atom. The lowest BCUT2D eigenvalue weighted by molar-refractivity contribution is -0.141. The van der Waals surface area contributed by atoms with E-state index >= 15 is 0 Å². The monoisotopic (exact) mass is 368 g/mol. The number of hydrogen-bond acceptors (Lipinski definition) is 6. The van der Waals surface area contributed by atoms with Crippen LogP contribution < -0.4 is 4.74 Å². The number of esters is 1. The maximum Gasteiger partial charge on any atom is 0.338 e. The van der Waals surface area contributed by atoms with Crippen LogP contribution in [-0.2, 0) is 16.1 Å². The molecule has 4 rings (SSSR count). The summed E-state index contributed by atoms with van der Waals surface area (Å²) in [7, 11) is 0. The minimum Gasteiger partial charge on any atom is -0.488 e. The summed E-state index contributed by atoms with van der Waals surface area (Å²) >= 11 is 6.11. The highest BCUT2D eigenvalue weighted by Crippen LogP contribution is 2.27. The molecule has 0 unspecified atom stereocenters. The first-order valence-electron chi connectivity index (χ1n) is 7.88. The minimum absolute atomic E-state index is 0.130. The van der Waals surface area contributed by atoms with Crippen LogP contribution >= 0.6 is 11.6 Å². The van der Waals surface area contributed by atoms with E-state index in [1.54, 1.807) is 18.2 Å². The average molecular weight is 369 g/mol. The van der Waals surface area contributed by atoms with Gasteiger partial charge in [0.2, 0.25) is 5.82 Å². The van der Waals surface area contributed by atoms with E-state index in [-0.39, 0.29) is 19.1 Å². The molecule has 0 radical (unpaired) electrons. The van der Waals surface area contributed by atoms with Gasteiger partial charge in [-0.15, -0.1) is 0 Å². The van der Waals surface area contributed by atoms with Gasteiger partial charge in [-0.1, -0.05) is 47.1 Å². The Balaban J connectivity index is 1.43. The van der Waals surface area contributed by atoms with Crippen LogP contribution in [-0.4, -0.2) is 22.7 Å². The Morgan fingerprint density at radius 2 is 1.96 bits per heavy atom. The molecule has 0 fully saturated rings. The lowest BCUT2D eigenvalue weighted by atomic mass is 10.1. The number of para-hydroxylation sites is 1. The molecule has 6 nitrogen and oxygen atoms in total. The van der Waals surface area contributed by atoms with Crippen molar-refractivity contribution in [2.24, 2.45) is 0 Å². The lowest BCUT2D eigenvalue weighted by Gasteiger charge is -2.16. The van der Waals surface area contributed by atoms with Crippen LogP contribution in [0, 0.1) is 0 Å². The van der Waals surface area contributed by atoms with Crippen molar-refractivity contribution in [2.75, 3.05) is 6.61 Å². The number of carbonyl (C=O) groups excluding carboxylic acids is 1. The average Bonchev–Trinajstić information content (AvgIpc) is 3.15. The summed E-state index contributed by atoms with van der Waals surface area (Å²) < 4.78 is 15.9. The second kappa shape index (κ2) is 7.01. The molecule has 0 amide bonds. The van der Waals surface area contributed by atoms with Gasteiger partial charge in [-0.2, -0.15) is 4.98 Å². The molecule has 0 saturated heterocycles. The van der Waals surface area contributed by atoms with Crippen LogP contribution in [0.5, 0.6) is 5.75 Å². The van der Waals surface area contributed by atoms with E-state index in [4.69, 9.17) is 25.6 Å². The van der Waals surface area contributed by atoms with Crippen molar-refractivity contribution in [1.82, 2.24) is 10.1 Å². The first kappa shape index (κ1) is 16.4. The second-order valence-corrected chi connectivity index (χ2v) is 5.97. The second-order valence-electron chi connectivity index (χ2n) is 5.56. The molecular formula is C19H13ClN2O4. The number of carbonyl (C=O) groups is 1. The molecule has 1 aliphatic heterocycles. The molecule has 1 aliphatic rings. The van der Waals surface area contributed by atoms with E-state index < -0.39 is 5.97 Å². The number of hydrogen-bond donors (Lipinski definition) is 0. The number of ether oxygens (including phenoxy) is 2. The molecular weight excluding hydrogens is 356 g/mol. The Kier molecular flexibility index (Phi) is 4.41. The molecule has 1 aromatic heterocycles. The van der Waals surface area contributed by atoms with Gasteiger partial charge in [-0.05, 0) is 24.3 Å². The Labute approximate surface area is 154 Å². The van der Waals surface area contributed by atoms with Gasteiger partial charge in [0.05, 0.1) is 10.6 Å². The number of rotatable bonds is 4. The molecule has 2 aromatic carbocycles. The fraction of sp³-hybridized carbons (Fsp3) is 0.105. The zero-order valence-corrected chi connectivity index (χ0v) is 14.3. The molecule has 2 heterocycles. The number of aromatic nitrogens is 2. The zero-order valence-electron chi connectivity index (χ0n) is 13.5. The number of halogens is 1. The summed E-state index contributed by atoms with van der Waals surface area (Å²) in [5.74, 6) is 0.782. The Hall–Kier alpha value is -3.12. The van der Waals surface area contributed by atoms with Crippen molar-refractivity contribution in [3.05, 3.63) is 70.6 Å². The van der Waals surface area contributed by atoms with Crippen molar-refractivity contribution in [2.45, 2.75) is 6.61 Å². The number of nitrogens with zero attached hydrogens (tertiary/aromatic N) is 2. The van der Waals surface area contributed by atoms with E-state index in [9.17, 15) is 4.79 Å². The van der Waals surface area contributed by atoms with E-state index in [1.807, 2.05) is 36.4 Å². The van der Waals surface area contributed by atoms with Crippen molar-refractivity contribution < 1.29 is 18.8 Å². The lowest BCUT2D eigenvalue weighted by Crippen LogP contribution is -2.17. The van der Waals surface area contributed by atoms with Crippen LogP contribution in [0.4, 0.5) is 0 Å². The SMILES string of the molecule is O=C(OCc1nc(-c2ccccc2Cl)no1)C1=Cc2ccccc2OC1. The van der Waals surface area contributed by atoms with Crippen molar-refractivity contribution >= 4 is 23.6 Å². The fourth-order valence-corrected chi connectivity index (χ4v) is 2.74. The zero-order chi connectivity index (χ0) is 17.9.